The molecule has 0 radical (unpaired) electrons. The molecule has 0 atom stereocenters. The Hall–Kier alpha value is -1.85. The molecular formula is C16H16Cl2N4O. The van der Waals surface area contributed by atoms with E-state index in [-0.39, 0.29) is 11.9 Å². The molecule has 1 amide bonds. The molecule has 120 valence electrons. The predicted molar refractivity (Wildman–Crippen MR) is 91.5 cm³/mol. The van der Waals surface area contributed by atoms with Gasteiger partial charge in [0.1, 0.15) is 17.8 Å². The lowest BCUT2D eigenvalue weighted by atomic mass is 10.2. The van der Waals surface area contributed by atoms with Gasteiger partial charge in [-0.05, 0) is 31.0 Å². The molecule has 1 aromatic heterocycles. The van der Waals surface area contributed by atoms with E-state index in [0.717, 1.165) is 25.7 Å². The van der Waals surface area contributed by atoms with Gasteiger partial charge in [0.2, 0.25) is 0 Å². The van der Waals surface area contributed by atoms with E-state index in [4.69, 9.17) is 23.2 Å². The molecular weight excluding hydrogens is 335 g/mol. The maximum Gasteiger partial charge on any atom is 0.270 e. The number of hydrogen-bond acceptors (Lipinski definition) is 4. The predicted octanol–water partition coefficient (Wildman–Crippen LogP) is 4.20. The van der Waals surface area contributed by atoms with Crippen LogP contribution in [-0.2, 0) is 0 Å². The highest BCUT2D eigenvalue weighted by molar-refractivity contribution is 6.35. The molecule has 1 aliphatic carbocycles. The molecule has 5 nitrogen and oxygen atoms in total. The highest BCUT2D eigenvalue weighted by Gasteiger charge is 2.18. The molecule has 1 saturated carbocycles. The van der Waals surface area contributed by atoms with Crippen molar-refractivity contribution in [2.24, 2.45) is 0 Å². The molecule has 0 saturated heterocycles. The van der Waals surface area contributed by atoms with E-state index in [2.05, 4.69) is 20.6 Å². The largest absolute Gasteiger partial charge is 0.348 e. The van der Waals surface area contributed by atoms with Crippen molar-refractivity contribution >= 4 is 40.6 Å². The summed E-state index contributed by atoms with van der Waals surface area (Å²) in [6.45, 7) is 0. The van der Waals surface area contributed by atoms with Gasteiger partial charge in [0, 0.05) is 27.8 Å². The van der Waals surface area contributed by atoms with Crippen LogP contribution in [0.3, 0.4) is 0 Å². The Kier molecular flexibility index (Phi) is 4.98. The summed E-state index contributed by atoms with van der Waals surface area (Å²) in [5.74, 6) is 0.335. The molecule has 1 fully saturated rings. The molecule has 2 aromatic rings. The van der Waals surface area contributed by atoms with Crippen LogP contribution in [0.4, 0.5) is 11.5 Å². The van der Waals surface area contributed by atoms with Crippen LogP contribution in [0.2, 0.25) is 10.0 Å². The summed E-state index contributed by atoms with van der Waals surface area (Å²) in [4.78, 5) is 20.4. The Morgan fingerprint density at radius 1 is 1.04 bits per heavy atom. The highest BCUT2D eigenvalue weighted by Crippen LogP contribution is 2.24. The van der Waals surface area contributed by atoms with Crippen molar-refractivity contribution in [1.29, 1.82) is 0 Å². The standard InChI is InChI=1S/C16H16Cl2N4O/c17-10-5-11(18)7-13(6-10)21-15-8-14(19-9-20-15)16(23)22-12-3-1-2-4-12/h5-9,12H,1-4H2,(H,22,23)(H,19,20,21). The van der Waals surface area contributed by atoms with E-state index in [1.807, 2.05) is 0 Å². The Morgan fingerprint density at radius 2 is 1.74 bits per heavy atom. The molecule has 1 aliphatic rings. The Balaban J connectivity index is 1.72. The molecule has 0 aliphatic heterocycles. The van der Waals surface area contributed by atoms with Crippen LogP contribution in [-0.4, -0.2) is 21.9 Å². The molecule has 1 aromatic carbocycles. The van der Waals surface area contributed by atoms with Crippen molar-refractivity contribution in [1.82, 2.24) is 15.3 Å². The third-order valence-corrected chi connectivity index (χ3v) is 4.16. The summed E-state index contributed by atoms with van der Waals surface area (Å²) >= 11 is 11.9. The van der Waals surface area contributed by atoms with Crippen LogP contribution in [0.15, 0.2) is 30.6 Å². The van der Waals surface area contributed by atoms with Crippen LogP contribution in [0.1, 0.15) is 36.2 Å². The van der Waals surface area contributed by atoms with E-state index in [9.17, 15) is 4.79 Å². The molecule has 7 heteroatoms. The quantitative estimate of drug-likeness (QED) is 0.866. The fraction of sp³-hybridized carbons (Fsp3) is 0.312. The monoisotopic (exact) mass is 350 g/mol. The topological polar surface area (TPSA) is 66.9 Å². The lowest BCUT2D eigenvalue weighted by Crippen LogP contribution is -2.33. The van der Waals surface area contributed by atoms with E-state index in [1.165, 1.54) is 6.33 Å². The summed E-state index contributed by atoms with van der Waals surface area (Å²) in [5.41, 5.74) is 1.03. The second-order valence-electron chi connectivity index (χ2n) is 5.53. The van der Waals surface area contributed by atoms with E-state index in [0.29, 0.717) is 27.2 Å². The van der Waals surface area contributed by atoms with Gasteiger partial charge in [0.15, 0.2) is 0 Å². The lowest BCUT2D eigenvalue weighted by Gasteiger charge is -2.12. The van der Waals surface area contributed by atoms with Crippen molar-refractivity contribution < 1.29 is 4.79 Å². The van der Waals surface area contributed by atoms with Crippen LogP contribution < -0.4 is 10.6 Å². The minimum absolute atomic E-state index is 0.175. The zero-order valence-corrected chi connectivity index (χ0v) is 13.9. The molecule has 0 bridgehead atoms. The molecule has 0 spiro atoms. The zero-order chi connectivity index (χ0) is 16.2. The lowest BCUT2D eigenvalue weighted by molar-refractivity contribution is 0.0932. The van der Waals surface area contributed by atoms with Gasteiger partial charge < -0.3 is 10.6 Å². The first-order chi connectivity index (χ1) is 11.1. The van der Waals surface area contributed by atoms with Gasteiger partial charge in [0.05, 0.1) is 0 Å². The minimum atomic E-state index is -0.175. The number of amides is 1. The van der Waals surface area contributed by atoms with Gasteiger partial charge in [-0.1, -0.05) is 36.0 Å². The first-order valence-electron chi connectivity index (χ1n) is 7.46. The fourth-order valence-corrected chi connectivity index (χ4v) is 3.18. The molecule has 0 unspecified atom stereocenters. The number of rotatable bonds is 4. The van der Waals surface area contributed by atoms with Crippen LogP contribution >= 0.6 is 23.2 Å². The SMILES string of the molecule is O=C(NC1CCCC1)c1cc(Nc2cc(Cl)cc(Cl)c2)ncn1. The fourth-order valence-electron chi connectivity index (χ4n) is 2.65. The average Bonchev–Trinajstić information content (AvgIpc) is 2.99. The number of nitrogens with one attached hydrogen (secondary N) is 2. The Morgan fingerprint density at radius 3 is 2.43 bits per heavy atom. The summed E-state index contributed by atoms with van der Waals surface area (Å²) in [5, 5.41) is 7.12. The number of carbonyl (C=O) groups is 1. The number of nitrogens with zero attached hydrogens (tertiary/aromatic N) is 2. The Labute approximate surface area is 144 Å². The second-order valence-corrected chi connectivity index (χ2v) is 6.40. The smallest absolute Gasteiger partial charge is 0.270 e. The van der Waals surface area contributed by atoms with Gasteiger partial charge in [-0.25, -0.2) is 9.97 Å². The van der Waals surface area contributed by atoms with Crippen LogP contribution in [0, 0.1) is 0 Å². The van der Waals surface area contributed by atoms with E-state index in [1.54, 1.807) is 24.3 Å². The molecule has 1 heterocycles. The van der Waals surface area contributed by atoms with Gasteiger partial charge >= 0.3 is 0 Å². The first-order valence-corrected chi connectivity index (χ1v) is 8.22. The number of halogens is 2. The molecule has 3 rings (SSSR count). The third-order valence-electron chi connectivity index (χ3n) is 3.73. The van der Waals surface area contributed by atoms with E-state index >= 15 is 0 Å². The Bertz CT molecular complexity index is 697. The second kappa shape index (κ2) is 7.15. The molecule has 2 N–H and O–H groups in total. The average molecular weight is 351 g/mol. The first kappa shape index (κ1) is 16.0. The van der Waals surface area contributed by atoms with Crippen molar-refractivity contribution in [3.8, 4) is 0 Å². The zero-order valence-electron chi connectivity index (χ0n) is 12.4. The number of aromatic nitrogens is 2. The van der Waals surface area contributed by atoms with Gasteiger partial charge in [-0.3, -0.25) is 4.79 Å². The van der Waals surface area contributed by atoms with Crippen LogP contribution in [0.5, 0.6) is 0 Å². The maximum absolute atomic E-state index is 12.2. The minimum Gasteiger partial charge on any atom is -0.348 e. The summed E-state index contributed by atoms with van der Waals surface area (Å²) < 4.78 is 0. The third kappa shape index (κ3) is 4.33. The number of benzene rings is 1. The van der Waals surface area contributed by atoms with E-state index < -0.39 is 0 Å². The summed E-state index contributed by atoms with van der Waals surface area (Å²) in [7, 11) is 0. The van der Waals surface area contributed by atoms with Gasteiger partial charge in [0.25, 0.3) is 5.91 Å². The molecule has 23 heavy (non-hydrogen) atoms. The number of hydrogen-bond donors (Lipinski definition) is 2. The summed E-state index contributed by atoms with van der Waals surface area (Å²) in [6.07, 6.45) is 5.75. The van der Waals surface area contributed by atoms with Gasteiger partial charge in [-0.2, -0.15) is 0 Å². The van der Waals surface area contributed by atoms with Crippen LogP contribution in [0.25, 0.3) is 0 Å². The normalized spacial score (nSPS) is 14.7. The van der Waals surface area contributed by atoms with Crippen molar-refractivity contribution in [3.63, 3.8) is 0 Å². The van der Waals surface area contributed by atoms with Gasteiger partial charge in [-0.15, -0.1) is 0 Å². The van der Waals surface area contributed by atoms with Crippen molar-refractivity contribution in [2.75, 3.05) is 5.32 Å². The number of anilines is 2. The maximum atomic E-state index is 12.2. The van der Waals surface area contributed by atoms with Crippen molar-refractivity contribution in [3.05, 3.63) is 46.3 Å². The number of carbonyl (C=O) groups excluding carboxylic acids is 1. The van der Waals surface area contributed by atoms with Crippen molar-refractivity contribution in [2.45, 2.75) is 31.7 Å². The summed E-state index contributed by atoms with van der Waals surface area (Å²) in [6, 6.07) is 6.97. The highest BCUT2D eigenvalue weighted by atomic mass is 35.5.